The van der Waals surface area contributed by atoms with E-state index >= 15 is 0 Å². The smallest absolute Gasteiger partial charge is 0.247 e. The summed E-state index contributed by atoms with van der Waals surface area (Å²) in [4.78, 5) is 91.2. The van der Waals surface area contributed by atoms with E-state index in [1.807, 2.05) is 116 Å². The van der Waals surface area contributed by atoms with E-state index < -0.39 is 58.9 Å². The van der Waals surface area contributed by atoms with Gasteiger partial charge < -0.3 is 52.3 Å². The number of rotatable bonds is 16. The zero-order valence-electron chi connectivity index (χ0n) is 48.7. The molecule has 6 amide bonds. The van der Waals surface area contributed by atoms with E-state index in [1.54, 1.807) is 33.3 Å². The van der Waals surface area contributed by atoms with Gasteiger partial charge in [0.1, 0.15) is 36.3 Å². The Morgan fingerprint density at radius 1 is 0.500 bits per heavy atom. The van der Waals surface area contributed by atoms with Crippen molar-refractivity contribution in [3.8, 4) is 0 Å². The zero-order chi connectivity index (χ0) is 52.1. The summed E-state index contributed by atoms with van der Waals surface area (Å²) in [7, 11) is 3.62. The molecule has 8 N–H and O–H groups in total. The summed E-state index contributed by atoms with van der Waals surface area (Å²) >= 11 is 14.6. The Bertz CT molecular complexity index is 2200. The molecule has 0 radical (unpaired) electrons. The molecule has 4 saturated heterocycles. The third-order valence-corrected chi connectivity index (χ3v) is 18.6. The second kappa shape index (κ2) is 42.8. The molecule has 0 spiro atoms. The van der Waals surface area contributed by atoms with E-state index in [0.717, 1.165) is 11.5 Å². The monoisotopic (exact) mass is 1470 g/mol. The van der Waals surface area contributed by atoms with Crippen LogP contribution in [0.3, 0.4) is 0 Å². The summed E-state index contributed by atoms with van der Waals surface area (Å²) in [5.41, 5.74) is 0.0683. The van der Waals surface area contributed by atoms with Gasteiger partial charge in [0, 0.05) is 12.1 Å². The Morgan fingerprint density at radius 3 is 1.08 bits per heavy atom. The second-order valence-corrected chi connectivity index (χ2v) is 24.8. The maximum Gasteiger partial charge on any atom is 0.247 e. The number of fused-ring (bicyclic) bond motifs is 2. The first kappa shape index (κ1) is 95.0. The fourth-order valence-electron chi connectivity index (χ4n) is 10.8. The summed E-state index contributed by atoms with van der Waals surface area (Å²) in [5.74, 6) is -0.413. The maximum atomic E-state index is 14.6. The number of thioether (sulfide) groups is 2. The molecule has 1 saturated carbocycles. The Balaban J connectivity index is -0.00000127. The van der Waals surface area contributed by atoms with Gasteiger partial charge in [0.2, 0.25) is 35.4 Å². The van der Waals surface area contributed by atoms with E-state index in [2.05, 4.69) is 42.5 Å². The van der Waals surface area contributed by atoms with Gasteiger partial charge in [-0.05, 0) is 113 Å². The van der Waals surface area contributed by atoms with Crippen molar-refractivity contribution in [2.75, 3.05) is 25.6 Å². The number of nitrogens with zero attached hydrogens (tertiary/aromatic N) is 2. The fraction of sp³-hybridized carbons (Fsp3) is 0.615. The lowest BCUT2D eigenvalue weighted by molar-refractivity contribution is -0.143. The van der Waals surface area contributed by atoms with Crippen molar-refractivity contribution in [2.45, 2.75) is 164 Å². The second-order valence-electron chi connectivity index (χ2n) is 21.3. The Morgan fingerprint density at radius 2 is 0.798 bits per heavy atom. The molecular weight excluding hydrogens is 1370 g/mol. The molecular formula is C52H98N10O6S16. The van der Waals surface area contributed by atoms with Crippen LogP contribution in [0.5, 0.6) is 0 Å². The van der Waals surface area contributed by atoms with Gasteiger partial charge in [-0.1, -0.05) is 113 Å². The van der Waals surface area contributed by atoms with Crippen molar-refractivity contribution >= 4 is 255 Å². The standard InChI is InChI=1S/C52H74N10O6S4.12H2S/c1-29(53-7)47(69)57-35-23-25-71-37-27-51(3,4)41(61(37)49(35)67)45(65)59-39(31-15-11-9-12-16-31)43(63)55-33-19-21-34(22-20-33)56-44(64)40(32-17-13-10-14-18-32)60-46(66)42-52(5,6)28-38-62(42)50(68)36(24-26-72-38)58-48(70)30(2)54-8;;;;;;;;;;;;/h9-18,29-30,33-42,53-54H,19-28H2,1-8H3,(H,55,63)(H,56,64)(H,57,69)(H,58,70)(H,59,65)(H,60,66);12*1H2/t29-,30-,33?,34?,35-,36+,37-,38-,39+,40-,41+,42+;;;;;;;;;;;;/m0............/s1. The van der Waals surface area contributed by atoms with E-state index in [1.165, 1.54) is 0 Å². The van der Waals surface area contributed by atoms with E-state index in [0.29, 0.717) is 72.5 Å². The molecule has 5 fully saturated rings. The number of nitrogens with one attached hydrogen (secondary N) is 8. The quantitative estimate of drug-likeness (QED) is 0.0970. The van der Waals surface area contributed by atoms with Crippen LogP contribution in [0.4, 0.5) is 0 Å². The third kappa shape index (κ3) is 23.2. The van der Waals surface area contributed by atoms with Gasteiger partial charge in [-0.3, -0.25) is 28.8 Å². The van der Waals surface area contributed by atoms with Crippen LogP contribution in [0.2, 0.25) is 0 Å². The lowest BCUT2D eigenvalue weighted by atomic mass is 9.83. The molecule has 0 unspecified atom stereocenters. The van der Waals surface area contributed by atoms with Crippen molar-refractivity contribution in [1.82, 2.24) is 52.3 Å². The number of benzene rings is 2. The molecule has 7 rings (SSSR count). The highest BCUT2D eigenvalue weighted by Gasteiger charge is 2.56. The Kier molecular flexibility index (Phi) is 48.4. The molecule has 0 aromatic heterocycles. The lowest BCUT2D eigenvalue weighted by Gasteiger charge is -2.36. The van der Waals surface area contributed by atoms with E-state index in [4.69, 9.17) is 24.4 Å². The molecule has 4 heterocycles. The highest BCUT2D eigenvalue weighted by molar-refractivity contribution is 8.00. The number of hydrogen-bond donors (Lipinski definition) is 8. The molecule has 488 valence electrons. The SMILES string of the molecule is CN[C@@H](C)C(=S)N[C@H]1CCS[C@H]2CC(C)(C)[C@@H](C(=O)N[C@@H](C(=O)NC3CCC(NC(=O)[C@@H](NC(=O)[C@H]4N5C(=O)[C@H](NC(=S)[C@H](C)NC)CCS[C@H]5CC4(C)C)c4ccccc4)CC3)c3ccccc3)N2C1=O.S.S.S.S.S.S.S.S.S.S.S.S. The van der Waals surface area contributed by atoms with Crippen LogP contribution in [-0.4, -0.2) is 140 Å². The summed E-state index contributed by atoms with van der Waals surface area (Å²) in [5, 5.41) is 24.9. The van der Waals surface area contributed by atoms with Gasteiger partial charge >= 0.3 is 0 Å². The molecule has 10 atom stereocenters. The minimum atomic E-state index is -1.03. The number of amides is 6. The molecule has 2 aromatic rings. The molecule has 84 heavy (non-hydrogen) atoms. The number of likely N-dealkylation sites (N-methyl/N-ethyl adjacent to an activating group) is 2. The number of thiocarbonyl (C=S) groups is 2. The molecule has 1 aliphatic carbocycles. The predicted molar refractivity (Wildman–Crippen MR) is 417 cm³/mol. The normalized spacial score (nSPS) is 24.3. The van der Waals surface area contributed by atoms with Gasteiger partial charge in [0.05, 0.1) is 32.8 Å². The van der Waals surface area contributed by atoms with Gasteiger partial charge in [-0.15, -0.1) is 23.5 Å². The molecule has 5 aliphatic rings. The van der Waals surface area contributed by atoms with Crippen molar-refractivity contribution < 1.29 is 28.8 Å². The average molecular weight is 1470 g/mol. The molecule has 4 aliphatic heterocycles. The van der Waals surface area contributed by atoms with E-state index in [9.17, 15) is 28.8 Å². The maximum absolute atomic E-state index is 14.6. The average Bonchev–Trinajstić information content (AvgIpc) is 3.68. The van der Waals surface area contributed by atoms with Gasteiger partial charge in [0.25, 0.3) is 0 Å². The summed E-state index contributed by atoms with van der Waals surface area (Å²) < 4.78 is 0. The topological polar surface area (TPSA) is 205 Å². The van der Waals surface area contributed by atoms with Crippen LogP contribution >= 0.6 is 210 Å². The minimum absolute atomic E-state index is 0. The van der Waals surface area contributed by atoms with Gasteiger partial charge in [-0.2, -0.15) is 162 Å². The van der Waals surface area contributed by atoms with Crippen LogP contribution in [0.25, 0.3) is 0 Å². The third-order valence-electron chi connectivity index (χ3n) is 15.2. The molecule has 16 nitrogen and oxygen atoms in total. The number of hydrogen-bond acceptors (Lipinski definition) is 12. The van der Waals surface area contributed by atoms with Crippen LogP contribution in [0, 0.1) is 10.8 Å². The number of carbonyl (C=O) groups excluding carboxylic acids is 6. The van der Waals surface area contributed by atoms with Crippen molar-refractivity contribution in [3.05, 3.63) is 71.8 Å². The van der Waals surface area contributed by atoms with E-state index in [-0.39, 0.29) is 220 Å². The van der Waals surface area contributed by atoms with Crippen LogP contribution in [0.15, 0.2) is 60.7 Å². The summed E-state index contributed by atoms with van der Waals surface area (Å²) in [6.45, 7) is 11.9. The van der Waals surface area contributed by atoms with Crippen molar-refractivity contribution in [1.29, 1.82) is 0 Å². The largest absolute Gasteiger partial charge is 0.367 e. The lowest BCUT2D eigenvalue weighted by Crippen LogP contribution is -2.59. The Labute approximate surface area is 602 Å². The minimum Gasteiger partial charge on any atom is -0.367 e. The van der Waals surface area contributed by atoms with Crippen LogP contribution in [-0.2, 0) is 28.8 Å². The first-order valence-electron chi connectivity index (χ1n) is 25.4. The Hall–Kier alpha value is -0.140. The first-order chi connectivity index (χ1) is 34.2. The molecule has 0 bridgehead atoms. The molecule has 2 aromatic carbocycles. The zero-order valence-corrected chi connectivity index (χ0v) is 64.0. The predicted octanol–water partition coefficient (Wildman–Crippen LogP) is 5.57. The van der Waals surface area contributed by atoms with Crippen LogP contribution < -0.4 is 42.5 Å². The van der Waals surface area contributed by atoms with Crippen LogP contribution in [0.1, 0.15) is 116 Å². The van der Waals surface area contributed by atoms with Gasteiger partial charge in [0.15, 0.2) is 0 Å². The summed E-state index contributed by atoms with van der Waals surface area (Å²) in [6.07, 6.45) is 4.63. The van der Waals surface area contributed by atoms with Gasteiger partial charge in [-0.25, -0.2) is 0 Å². The van der Waals surface area contributed by atoms with Crippen molar-refractivity contribution in [2.24, 2.45) is 10.8 Å². The highest BCUT2D eigenvalue weighted by atomic mass is 32.2. The fourth-order valence-corrected chi connectivity index (χ4v) is 14.5. The number of carbonyl (C=O) groups is 6. The molecule has 32 heteroatoms. The first-order valence-corrected chi connectivity index (χ1v) is 28.3. The highest BCUT2D eigenvalue weighted by Crippen LogP contribution is 2.48. The van der Waals surface area contributed by atoms with Crippen molar-refractivity contribution in [3.63, 3.8) is 0 Å². The summed E-state index contributed by atoms with van der Waals surface area (Å²) in [6, 6.07) is 12.6.